The molecule has 0 saturated carbocycles. The van der Waals surface area contributed by atoms with Crippen molar-refractivity contribution in [2.24, 2.45) is 0 Å². The molecule has 0 amide bonds. The summed E-state index contributed by atoms with van der Waals surface area (Å²) in [4.78, 5) is 2.22. The third-order valence-corrected chi connectivity index (χ3v) is 4.76. The van der Waals surface area contributed by atoms with Gasteiger partial charge in [-0.3, -0.25) is 0 Å². The van der Waals surface area contributed by atoms with Crippen molar-refractivity contribution in [3.8, 4) is 0 Å². The average Bonchev–Trinajstić information content (AvgIpc) is 2.69. The molecule has 1 aliphatic heterocycles. The van der Waals surface area contributed by atoms with Crippen molar-refractivity contribution in [3.63, 3.8) is 0 Å². The van der Waals surface area contributed by atoms with Crippen LogP contribution in [0.15, 0.2) is 24.3 Å². The minimum Gasteiger partial charge on any atom is -0.401 e. The maximum absolute atomic E-state index is 5.91. The number of nitrogens with zero attached hydrogens (tertiary/aromatic N) is 1. The van der Waals surface area contributed by atoms with E-state index in [9.17, 15) is 0 Å². The largest absolute Gasteiger partial charge is 3.00 e. The predicted octanol–water partition coefficient (Wildman–Crippen LogP) is 3.54. The van der Waals surface area contributed by atoms with Crippen LogP contribution in [-0.4, -0.2) is 41.8 Å². The first kappa shape index (κ1) is 25.3. The summed E-state index contributed by atoms with van der Waals surface area (Å²) in [5.74, 6) is 0. The molecule has 0 aliphatic carbocycles. The Kier molecular flexibility index (Phi) is 10.1. The van der Waals surface area contributed by atoms with Crippen molar-refractivity contribution in [3.05, 3.63) is 44.2 Å². The molecule has 3 nitrogen and oxygen atoms in total. The van der Waals surface area contributed by atoms with E-state index in [1.54, 1.807) is 0 Å². The quantitative estimate of drug-likeness (QED) is 0.553. The molecule has 0 unspecified atom stereocenters. The summed E-state index contributed by atoms with van der Waals surface area (Å²) in [5, 5.41) is 0. The molecule has 0 bridgehead atoms. The van der Waals surface area contributed by atoms with Gasteiger partial charge in [-0.15, -0.1) is 18.6 Å². The Bertz CT molecular complexity index is 480. The molecule has 0 spiro atoms. The fourth-order valence-corrected chi connectivity index (χ4v) is 2.32. The molecule has 0 aromatic heterocycles. The first-order valence-electron chi connectivity index (χ1n) is 8.60. The van der Waals surface area contributed by atoms with Crippen molar-refractivity contribution in [1.29, 1.82) is 0 Å². The Hall–Kier alpha value is 0.269. The monoisotopic (exact) mass is 419 g/mol. The van der Waals surface area contributed by atoms with Crippen LogP contribution in [-0.2, 0) is 42.0 Å². The van der Waals surface area contributed by atoms with Gasteiger partial charge in [-0.05, 0) is 48.5 Å². The standard InChI is InChI=1S/C12H16BO2.C8H17N.Y/c1-11(2)12(3,4)15-13(14-11)10-8-6-5-7-9-10;1-6-9(7-2)8(3,4)5;/h6-9H,1-4H3;1-2,6-7H2,3-5H3;/q-1;-2;+3. The molecule has 1 aliphatic rings. The van der Waals surface area contributed by atoms with Gasteiger partial charge >= 0.3 is 39.8 Å². The maximum Gasteiger partial charge on any atom is 3.00 e. The van der Waals surface area contributed by atoms with Gasteiger partial charge in [0.05, 0.1) is 11.2 Å². The van der Waals surface area contributed by atoms with Gasteiger partial charge in [0.1, 0.15) is 0 Å². The van der Waals surface area contributed by atoms with Crippen molar-refractivity contribution < 1.29 is 42.0 Å². The van der Waals surface area contributed by atoms with E-state index in [4.69, 9.17) is 9.31 Å². The zero-order valence-corrected chi connectivity index (χ0v) is 19.9. The molecule has 0 N–H and O–H groups in total. The summed E-state index contributed by atoms with van der Waals surface area (Å²) < 4.78 is 11.8. The van der Waals surface area contributed by atoms with Crippen LogP contribution < -0.4 is 5.46 Å². The fourth-order valence-electron chi connectivity index (χ4n) is 2.32. The second-order valence-electron chi connectivity index (χ2n) is 8.08. The molecule has 25 heavy (non-hydrogen) atoms. The minimum absolute atomic E-state index is 0. The zero-order chi connectivity index (χ0) is 18.6. The molecule has 0 atom stereocenters. The molecule has 0 radical (unpaired) electrons. The van der Waals surface area contributed by atoms with Crippen molar-refractivity contribution in [2.75, 3.05) is 13.1 Å². The van der Waals surface area contributed by atoms with Gasteiger partial charge in [-0.2, -0.15) is 30.3 Å². The zero-order valence-electron chi connectivity index (χ0n) is 17.1. The normalized spacial score (nSPS) is 18.4. The first-order valence-corrected chi connectivity index (χ1v) is 8.60. The van der Waals surface area contributed by atoms with Gasteiger partial charge in [-0.1, -0.05) is 0 Å². The fraction of sp³-hybridized carbons (Fsp3) is 0.600. The smallest absolute Gasteiger partial charge is 0.401 e. The Morgan fingerprint density at radius 1 is 1.00 bits per heavy atom. The Labute approximate surface area is 181 Å². The van der Waals surface area contributed by atoms with Gasteiger partial charge in [-0.25, -0.2) is 0 Å². The van der Waals surface area contributed by atoms with E-state index in [0.717, 1.165) is 18.6 Å². The van der Waals surface area contributed by atoms with Crippen LogP contribution in [0.25, 0.3) is 0 Å². The van der Waals surface area contributed by atoms with Crippen LogP contribution in [0.3, 0.4) is 0 Å². The second-order valence-corrected chi connectivity index (χ2v) is 8.08. The van der Waals surface area contributed by atoms with Crippen molar-refractivity contribution >= 4 is 12.6 Å². The molecule has 1 saturated heterocycles. The van der Waals surface area contributed by atoms with E-state index >= 15 is 0 Å². The molecule has 2 rings (SSSR count). The van der Waals surface area contributed by atoms with Crippen LogP contribution in [0.5, 0.6) is 0 Å². The summed E-state index contributed by atoms with van der Waals surface area (Å²) in [6.45, 7) is 24.0. The molecule has 1 fully saturated rings. The molecular weight excluding hydrogens is 386 g/mol. The Balaban J connectivity index is 0.000000504. The predicted molar refractivity (Wildman–Crippen MR) is 103 cm³/mol. The number of hydrogen-bond acceptors (Lipinski definition) is 3. The van der Waals surface area contributed by atoms with E-state index in [0.29, 0.717) is 0 Å². The number of hydrogen-bond donors (Lipinski definition) is 0. The Morgan fingerprint density at radius 3 is 1.68 bits per heavy atom. The summed E-state index contributed by atoms with van der Waals surface area (Å²) in [5.41, 5.74) is 0.741. The summed E-state index contributed by atoms with van der Waals surface area (Å²) in [7, 11) is -0.260. The van der Waals surface area contributed by atoms with E-state index in [-0.39, 0.29) is 56.6 Å². The third-order valence-electron chi connectivity index (χ3n) is 4.76. The van der Waals surface area contributed by atoms with E-state index in [1.165, 1.54) is 0 Å². The van der Waals surface area contributed by atoms with Gasteiger partial charge in [0, 0.05) is 5.54 Å². The SMILES string of the molecule is CC1(C)OB(c2cc[c-]cc2)OC1(C)C.[CH2-]CN(C[CH2-])C(C)(C)C.[Y+3]. The van der Waals surface area contributed by atoms with Crippen LogP contribution in [0.4, 0.5) is 0 Å². The van der Waals surface area contributed by atoms with Crippen molar-refractivity contribution in [2.45, 2.75) is 65.2 Å². The maximum atomic E-state index is 5.91. The number of benzene rings is 1. The third kappa shape index (κ3) is 7.07. The van der Waals surface area contributed by atoms with Crippen LogP contribution in [0.2, 0.25) is 0 Å². The number of rotatable bonds is 3. The van der Waals surface area contributed by atoms with Crippen LogP contribution >= 0.6 is 0 Å². The summed E-state index contributed by atoms with van der Waals surface area (Å²) in [6.07, 6.45) is 0. The molecular formula is C20H33BNO2Y. The van der Waals surface area contributed by atoms with Crippen LogP contribution in [0.1, 0.15) is 48.5 Å². The van der Waals surface area contributed by atoms with E-state index in [1.807, 2.05) is 24.3 Å². The molecule has 1 heterocycles. The van der Waals surface area contributed by atoms with Gasteiger partial charge in [0.2, 0.25) is 0 Å². The minimum atomic E-state index is -0.267. The molecule has 5 heteroatoms. The van der Waals surface area contributed by atoms with Crippen LogP contribution in [0, 0.1) is 19.9 Å². The van der Waals surface area contributed by atoms with Gasteiger partial charge in [0.25, 0.3) is 0 Å². The molecule has 1 aromatic carbocycles. The molecule has 1 aromatic rings. The second kappa shape index (κ2) is 9.99. The average molecular weight is 419 g/mol. The van der Waals surface area contributed by atoms with Crippen molar-refractivity contribution in [1.82, 2.24) is 4.90 Å². The Morgan fingerprint density at radius 2 is 1.40 bits per heavy atom. The topological polar surface area (TPSA) is 21.7 Å². The summed E-state index contributed by atoms with van der Waals surface area (Å²) >= 11 is 0. The first-order chi connectivity index (χ1) is 10.9. The van der Waals surface area contributed by atoms with Gasteiger partial charge in [0.15, 0.2) is 0 Å². The van der Waals surface area contributed by atoms with Gasteiger partial charge < -0.3 is 28.1 Å². The van der Waals surface area contributed by atoms with E-state index < -0.39 is 0 Å². The molecule has 136 valence electrons. The summed E-state index contributed by atoms with van der Waals surface area (Å²) in [6, 6.07) is 10.7. The van der Waals surface area contributed by atoms with E-state index in [2.05, 4.69) is 73.3 Å².